The fourth-order valence-electron chi connectivity index (χ4n) is 2.28. The number of phenols is 1. The van der Waals surface area contributed by atoms with E-state index >= 15 is 0 Å². The summed E-state index contributed by atoms with van der Waals surface area (Å²) < 4.78 is 26.4. The third-order valence-electron chi connectivity index (χ3n) is 3.73. The second-order valence-corrected chi connectivity index (χ2v) is 7.35. The highest BCUT2D eigenvalue weighted by Crippen LogP contribution is 2.28. The smallest absolute Gasteiger partial charge is 0.257 e. The Balaban J connectivity index is 2.33. The van der Waals surface area contributed by atoms with E-state index in [2.05, 4.69) is 10.3 Å². The van der Waals surface area contributed by atoms with Crippen LogP contribution in [-0.2, 0) is 10.0 Å². The van der Waals surface area contributed by atoms with Crippen LogP contribution in [0.15, 0.2) is 41.4 Å². The molecule has 2 aromatic rings. The number of amides is 1. The number of aryl methyl sites for hydroxylation is 1. The lowest BCUT2D eigenvalue weighted by Gasteiger charge is -2.19. The SMILES string of the molecule is CCN(CC)S(=O)(=O)c1ccc(O)c(NC(=O)c2ccc(C)nc2)c1. The van der Waals surface area contributed by atoms with E-state index in [0.29, 0.717) is 18.7 Å². The Morgan fingerprint density at radius 3 is 2.44 bits per heavy atom. The quantitative estimate of drug-likeness (QED) is 0.768. The lowest BCUT2D eigenvalue weighted by molar-refractivity contribution is 0.102. The number of carbonyl (C=O) groups is 1. The highest BCUT2D eigenvalue weighted by atomic mass is 32.2. The molecule has 1 amide bonds. The van der Waals surface area contributed by atoms with Gasteiger partial charge >= 0.3 is 0 Å². The van der Waals surface area contributed by atoms with Crippen LogP contribution in [0, 0.1) is 6.92 Å². The number of aromatic hydroxyl groups is 1. The summed E-state index contributed by atoms with van der Waals surface area (Å²) in [7, 11) is -3.69. The molecule has 2 N–H and O–H groups in total. The number of sulfonamides is 1. The number of rotatable bonds is 6. The molecule has 8 heteroatoms. The zero-order chi connectivity index (χ0) is 18.6. The standard InChI is InChI=1S/C17H21N3O4S/c1-4-20(5-2)25(23,24)14-8-9-16(21)15(10-14)19-17(22)13-7-6-12(3)18-11-13/h6-11,21H,4-5H2,1-3H3,(H,19,22). The summed E-state index contributed by atoms with van der Waals surface area (Å²) in [5.41, 5.74) is 1.10. The van der Waals surface area contributed by atoms with Crippen LogP contribution >= 0.6 is 0 Å². The van der Waals surface area contributed by atoms with E-state index in [4.69, 9.17) is 0 Å². The molecule has 134 valence electrons. The van der Waals surface area contributed by atoms with Crippen LogP contribution in [0.3, 0.4) is 0 Å². The molecule has 0 saturated heterocycles. The molecule has 7 nitrogen and oxygen atoms in total. The first-order valence-corrected chi connectivity index (χ1v) is 9.30. The zero-order valence-electron chi connectivity index (χ0n) is 14.4. The number of carbonyl (C=O) groups excluding carboxylic acids is 1. The van der Waals surface area contributed by atoms with Crippen LogP contribution in [0.1, 0.15) is 29.9 Å². The number of benzene rings is 1. The van der Waals surface area contributed by atoms with Crippen LogP contribution in [0.5, 0.6) is 5.75 Å². The summed E-state index contributed by atoms with van der Waals surface area (Å²) in [4.78, 5) is 16.3. The number of anilines is 1. The monoisotopic (exact) mass is 363 g/mol. The molecule has 0 bridgehead atoms. The summed E-state index contributed by atoms with van der Waals surface area (Å²) in [5.74, 6) is -0.702. The molecule has 2 rings (SSSR count). The summed E-state index contributed by atoms with van der Waals surface area (Å²) in [5, 5.41) is 12.5. The fourth-order valence-corrected chi connectivity index (χ4v) is 3.77. The first-order chi connectivity index (χ1) is 11.8. The Kier molecular flexibility index (Phi) is 5.76. The van der Waals surface area contributed by atoms with Crippen molar-refractivity contribution in [2.75, 3.05) is 18.4 Å². The Hall–Kier alpha value is -2.45. The third kappa shape index (κ3) is 4.15. The van der Waals surface area contributed by atoms with Gasteiger partial charge in [0.25, 0.3) is 5.91 Å². The normalized spacial score (nSPS) is 11.5. The first kappa shape index (κ1) is 18.9. The Labute approximate surface area is 147 Å². The van der Waals surface area contributed by atoms with Gasteiger partial charge in [-0.3, -0.25) is 9.78 Å². The molecule has 25 heavy (non-hydrogen) atoms. The van der Waals surface area contributed by atoms with Crippen molar-refractivity contribution in [2.45, 2.75) is 25.7 Å². The van der Waals surface area contributed by atoms with Crippen molar-refractivity contribution < 1.29 is 18.3 Å². The van der Waals surface area contributed by atoms with Gasteiger partial charge in [-0.25, -0.2) is 8.42 Å². The minimum Gasteiger partial charge on any atom is -0.506 e. The molecule has 0 spiro atoms. The topological polar surface area (TPSA) is 99.6 Å². The van der Waals surface area contributed by atoms with Crippen LogP contribution in [0.25, 0.3) is 0 Å². The maximum atomic E-state index is 12.6. The molecule has 0 radical (unpaired) electrons. The molecule has 0 aliphatic carbocycles. The highest BCUT2D eigenvalue weighted by molar-refractivity contribution is 7.89. The second-order valence-electron chi connectivity index (χ2n) is 5.41. The third-order valence-corrected chi connectivity index (χ3v) is 5.78. The molecule has 0 fully saturated rings. The van der Waals surface area contributed by atoms with Crippen molar-refractivity contribution >= 4 is 21.6 Å². The van der Waals surface area contributed by atoms with E-state index < -0.39 is 15.9 Å². The molecule has 0 aliphatic rings. The number of hydrogen-bond donors (Lipinski definition) is 2. The van der Waals surface area contributed by atoms with Crippen molar-refractivity contribution in [3.05, 3.63) is 47.8 Å². The Morgan fingerprint density at radius 2 is 1.88 bits per heavy atom. The average molecular weight is 363 g/mol. The van der Waals surface area contributed by atoms with Crippen molar-refractivity contribution in [1.29, 1.82) is 0 Å². The number of nitrogens with zero attached hydrogens (tertiary/aromatic N) is 2. The first-order valence-electron chi connectivity index (χ1n) is 7.86. The Morgan fingerprint density at radius 1 is 1.20 bits per heavy atom. The predicted molar refractivity (Wildman–Crippen MR) is 95.1 cm³/mol. The van der Waals surface area contributed by atoms with Gasteiger partial charge in [-0.1, -0.05) is 13.8 Å². The van der Waals surface area contributed by atoms with E-state index in [-0.39, 0.29) is 16.3 Å². The van der Waals surface area contributed by atoms with Crippen LogP contribution in [0.2, 0.25) is 0 Å². The predicted octanol–water partition coefficient (Wildman–Crippen LogP) is 2.38. The van der Waals surface area contributed by atoms with Crippen LogP contribution in [0.4, 0.5) is 5.69 Å². The molecule has 1 aromatic heterocycles. The summed E-state index contributed by atoms with van der Waals surface area (Å²) in [6.07, 6.45) is 1.41. The fraction of sp³-hybridized carbons (Fsp3) is 0.294. The number of pyridine rings is 1. The minimum absolute atomic E-state index is 0.00586. The van der Waals surface area contributed by atoms with Crippen molar-refractivity contribution in [3.63, 3.8) is 0 Å². The number of hydrogen-bond acceptors (Lipinski definition) is 5. The highest BCUT2D eigenvalue weighted by Gasteiger charge is 2.23. The van der Waals surface area contributed by atoms with Gasteiger partial charge in [0.1, 0.15) is 5.75 Å². The lowest BCUT2D eigenvalue weighted by Crippen LogP contribution is -2.30. The van der Waals surface area contributed by atoms with Gasteiger partial charge in [0.05, 0.1) is 16.1 Å². The van der Waals surface area contributed by atoms with Gasteiger partial charge in [-0.15, -0.1) is 0 Å². The maximum absolute atomic E-state index is 12.6. The van der Waals surface area contributed by atoms with Crippen molar-refractivity contribution in [3.8, 4) is 5.75 Å². The number of phenolic OH excluding ortho intramolecular Hbond substituents is 1. The van der Waals surface area contributed by atoms with Gasteiger partial charge in [0.15, 0.2) is 0 Å². The molecule has 0 aliphatic heterocycles. The van der Waals surface area contributed by atoms with E-state index in [1.54, 1.807) is 32.9 Å². The molecular weight excluding hydrogens is 342 g/mol. The van der Waals surface area contributed by atoms with E-state index in [1.807, 2.05) is 0 Å². The van der Waals surface area contributed by atoms with Crippen molar-refractivity contribution in [1.82, 2.24) is 9.29 Å². The number of aromatic nitrogens is 1. The lowest BCUT2D eigenvalue weighted by atomic mass is 10.2. The van der Waals surface area contributed by atoms with Crippen LogP contribution < -0.4 is 5.32 Å². The molecule has 1 aromatic carbocycles. The summed E-state index contributed by atoms with van der Waals surface area (Å²) in [6, 6.07) is 7.11. The molecule has 0 unspecified atom stereocenters. The number of nitrogens with one attached hydrogen (secondary N) is 1. The minimum atomic E-state index is -3.69. The average Bonchev–Trinajstić information content (AvgIpc) is 2.58. The molecular formula is C17H21N3O4S. The largest absolute Gasteiger partial charge is 0.506 e. The molecule has 0 atom stereocenters. The van der Waals surface area contributed by atoms with E-state index in [9.17, 15) is 18.3 Å². The van der Waals surface area contributed by atoms with E-state index in [1.165, 1.54) is 28.7 Å². The van der Waals surface area contributed by atoms with Crippen molar-refractivity contribution in [2.24, 2.45) is 0 Å². The maximum Gasteiger partial charge on any atom is 0.257 e. The van der Waals surface area contributed by atoms with Gasteiger partial charge in [-0.2, -0.15) is 4.31 Å². The van der Waals surface area contributed by atoms with E-state index in [0.717, 1.165) is 5.69 Å². The summed E-state index contributed by atoms with van der Waals surface area (Å²) in [6.45, 7) is 5.95. The molecule has 0 saturated carbocycles. The Bertz CT molecular complexity index is 860. The van der Waals surface area contributed by atoms with Gasteiger partial charge in [0, 0.05) is 25.0 Å². The van der Waals surface area contributed by atoms with Crippen LogP contribution in [-0.4, -0.2) is 41.8 Å². The second kappa shape index (κ2) is 7.62. The van der Waals surface area contributed by atoms with Gasteiger partial charge in [-0.05, 0) is 37.3 Å². The zero-order valence-corrected chi connectivity index (χ0v) is 15.2. The van der Waals surface area contributed by atoms with Gasteiger partial charge in [0.2, 0.25) is 10.0 Å². The molecule has 1 heterocycles. The van der Waals surface area contributed by atoms with Gasteiger partial charge < -0.3 is 10.4 Å². The summed E-state index contributed by atoms with van der Waals surface area (Å²) >= 11 is 0.